The summed E-state index contributed by atoms with van der Waals surface area (Å²) in [6.07, 6.45) is 3.29. The summed E-state index contributed by atoms with van der Waals surface area (Å²) in [5, 5.41) is 3.04. The number of nitrogens with zero attached hydrogens (tertiary/aromatic N) is 3. The minimum absolute atomic E-state index is 0.00466. The Labute approximate surface area is 199 Å². The van der Waals surface area contributed by atoms with Crippen LogP contribution in [0.2, 0.25) is 0 Å². The van der Waals surface area contributed by atoms with Gasteiger partial charge in [-0.15, -0.1) is 6.58 Å². The van der Waals surface area contributed by atoms with Gasteiger partial charge in [0, 0.05) is 64.2 Å². The number of rotatable bonds is 9. The predicted molar refractivity (Wildman–Crippen MR) is 125 cm³/mol. The molecule has 9 heteroatoms. The lowest BCUT2D eigenvalue weighted by Crippen LogP contribution is -2.55. The lowest BCUT2D eigenvalue weighted by Gasteiger charge is -2.40. The van der Waals surface area contributed by atoms with Crippen LogP contribution in [-0.4, -0.2) is 84.3 Å². The van der Waals surface area contributed by atoms with Gasteiger partial charge in [0.1, 0.15) is 11.6 Å². The fourth-order valence-electron chi connectivity index (χ4n) is 4.75. The van der Waals surface area contributed by atoms with Gasteiger partial charge in [-0.2, -0.15) is 0 Å². The average molecular weight is 477 g/mol. The highest BCUT2D eigenvalue weighted by atomic mass is 19.1. The van der Waals surface area contributed by atoms with E-state index in [1.807, 2.05) is 7.05 Å². The molecular weight excluding hydrogens is 442 g/mol. The van der Waals surface area contributed by atoms with Crippen LogP contribution in [0, 0.1) is 17.6 Å². The number of carbonyl (C=O) groups excluding carboxylic acids is 3. The first-order chi connectivity index (χ1) is 16.2. The van der Waals surface area contributed by atoms with E-state index in [0.29, 0.717) is 51.1 Å². The third kappa shape index (κ3) is 6.85. The van der Waals surface area contributed by atoms with Crippen LogP contribution in [-0.2, 0) is 20.8 Å². The van der Waals surface area contributed by atoms with Crippen LogP contribution >= 0.6 is 0 Å². The highest BCUT2D eigenvalue weighted by Crippen LogP contribution is 2.21. The minimum atomic E-state index is -0.670. The van der Waals surface area contributed by atoms with Crippen LogP contribution in [0.4, 0.5) is 8.78 Å². The number of carbonyl (C=O) groups is 3. The number of nitrogens with one attached hydrogen (secondary N) is 1. The molecule has 34 heavy (non-hydrogen) atoms. The molecule has 2 aliphatic rings. The average Bonchev–Trinajstić information content (AvgIpc) is 3.13. The molecule has 0 saturated carbocycles. The molecule has 3 atom stereocenters. The molecule has 2 fully saturated rings. The number of amides is 3. The van der Waals surface area contributed by atoms with E-state index in [4.69, 9.17) is 0 Å². The van der Waals surface area contributed by atoms with Crippen molar-refractivity contribution in [1.82, 2.24) is 20.0 Å². The van der Waals surface area contributed by atoms with E-state index < -0.39 is 23.6 Å². The first-order valence-electron chi connectivity index (χ1n) is 11.8. The lowest BCUT2D eigenvalue weighted by atomic mass is 9.96. The Morgan fingerprint density at radius 2 is 1.91 bits per heavy atom. The summed E-state index contributed by atoms with van der Waals surface area (Å²) in [4.78, 5) is 42.9. The van der Waals surface area contributed by atoms with E-state index in [0.717, 1.165) is 6.07 Å². The number of halogens is 2. The van der Waals surface area contributed by atoms with E-state index in [-0.39, 0.29) is 36.6 Å². The molecule has 2 heterocycles. The largest absolute Gasteiger partial charge is 0.353 e. The maximum atomic E-state index is 13.8. The molecule has 186 valence electrons. The number of likely N-dealkylation sites (N-methyl/N-ethyl adjacent to an activating group) is 1. The molecule has 0 bridgehead atoms. The van der Waals surface area contributed by atoms with Crippen molar-refractivity contribution in [3.63, 3.8) is 0 Å². The van der Waals surface area contributed by atoms with Gasteiger partial charge >= 0.3 is 0 Å². The second kappa shape index (κ2) is 11.6. The molecule has 2 saturated heterocycles. The Bertz CT molecular complexity index is 905. The van der Waals surface area contributed by atoms with Gasteiger partial charge in [-0.3, -0.25) is 19.3 Å². The van der Waals surface area contributed by atoms with Crippen LogP contribution in [0.25, 0.3) is 0 Å². The van der Waals surface area contributed by atoms with E-state index in [1.54, 1.807) is 15.9 Å². The van der Waals surface area contributed by atoms with E-state index in [2.05, 4.69) is 16.8 Å². The van der Waals surface area contributed by atoms with Gasteiger partial charge in [0.2, 0.25) is 17.7 Å². The van der Waals surface area contributed by atoms with E-state index in [9.17, 15) is 23.2 Å². The molecule has 0 spiro atoms. The lowest BCUT2D eigenvalue weighted by molar-refractivity contribution is -0.132. The van der Waals surface area contributed by atoms with Gasteiger partial charge in [-0.25, -0.2) is 8.78 Å². The van der Waals surface area contributed by atoms with Crippen molar-refractivity contribution in [3.8, 4) is 0 Å². The van der Waals surface area contributed by atoms with Gasteiger partial charge < -0.3 is 15.1 Å². The molecule has 3 rings (SSSR count). The van der Waals surface area contributed by atoms with Crippen molar-refractivity contribution in [2.45, 2.75) is 44.7 Å². The Hall–Kier alpha value is -2.81. The second-order valence-corrected chi connectivity index (χ2v) is 9.34. The smallest absolute Gasteiger partial charge is 0.225 e. The number of benzene rings is 1. The topological polar surface area (TPSA) is 73.0 Å². The van der Waals surface area contributed by atoms with Crippen molar-refractivity contribution in [2.24, 2.45) is 5.92 Å². The maximum absolute atomic E-state index is 13.8. The highest BCUT2D eigenvalue weighted by Gasteiger charge is 2.35. The summed E-state index contributed by atoms with van der Waals surface area (Å²) in [5.41, 5.74) is 0.444. The van der Waals surface area contributed by atoms with Crippen molar-refractivity contribution in [3.05, 3.63) is 48.1 Å². The fourth-order valence-corrected chi connectivity index (χ4v) is 4.75. The summed E-state index contributed by atoms with van der Waals surface area (Å²) >= 11 is 0. The molecule has 1 N–H and O–H groups in total. The minimum Gasteiger partial charge on any atom is -0.353 e. The summed E-state index contributed by atoms with van der Waals surface area (Å²) < 4.78 is 27.6. The van der Waals surface area contributed by atoms with Crippen molar-refractivity contribution < 1.29 is 23.2 Å². The first kappa shape index (κ1) is 25.8. The maximum Gasteiger partial charge on any atom is 0.225 e. The fraction of sp³-hybridized carbons (Fsp3) is 0.560. The number of likely N-dealkylation sites (tertiary alicyclic amines) is 1. The molecule has 1 aromatic rings. The van der Waals surface area contributed by atoms with Crippen LogP contribution in [0.3, 0.4) is 0 Å². The van der Waals surface area contributed by atoms with Gasteiger partial charge in [-0.1, -0.05) is 6.08 Å². The summed E-state index contributed by atoms with van der Waals surface area (Å²) in [6.45, 7) is 7.95. The molecule has 1 aromatic carbocycles. The van der Waals surface area contributed by atoms with Crippen LogP contribution in [0.5, 0.6) is 0 Å². The van der Waals surface area contributed by atoms with Gasteiger partial charge in [0.25, 0.3) is 0 Å². The molecule has 2 unspecified atom stereocenters. The normalized spacial score (nSPS) is 22.1. The number of piperazine rings is 1. The zero-order valence-corrected chi connectivity index (χ0v) is 19.9. The molecule has 0 aliphatic carbocycles. The van der Waals surface area contributed by atoms with Crippen molar-refractivity contribution in [1.29, 1.82) is 0 Å². The summed E-state index contributed by atoms with van der Waals surface area (Å²) in [5.74, 6) is -2.11. The predicted octanol–water partition coefficient (Wildman–Crippen LogP) is 1.97. The summed E-state index contributed by atoms with van der Waals surface area (Å²) in [7, 11) is 1.97. The SMILES string of the molecule is C=CCCN1CC(C(=O)NC(Cc2cc(F)cc(F)c2)C[C@H]2CN(C(C)=O)CCN2C)CC1=O. The number of hydrogen-bond donors (Lipinski definition) is 1. The zero-order valence-electron chi connectivity index (χ0n) is 19.9. The zero-order chi connectivity index (χ0) is 24.8. The van der Waals surface area contributed by atoms with E-state index >= 15 is 0 Å². The van der Waals surface area contributed by atoms with Gasteiger partial charge in [0.15, 0.2) is 0 Å². The van der Waals surface area contributed by atoms with Crippen LogP contribution in [0.15, 0.2) is 30.9 Å². The molecule has 2 aliphatic heterocycles. The highest BCUT2D eigenvalue weighted by molar-refractivity contribution is 5.89. The molecule has 3 amide bonds. The second-order valence-electron chi connectivity index (χ2n) is 9.34. The molecule has 0 radical (unpaired) electrons. The molecular formula is C25H34F2N4O3. The van der Waals surface area contributed by atoms with Gasteiger partial charge in [-0.05, 0) is 44.0 Å². The monoisotopic (exact) mass is 476 g/mol. The Kier molecular flexibility index (Phi) is 8.77. The first-order valence-corrected chi connectivity index (χ1v) is 11.8. The Morgan fingerprint density at radius 3 is 2.56 bits per heavy atom. The summed E-state index contributed by atoms with van der Waals surface area (Å²) in [6, 6.07) is 2.93. The van der Waals surface area contributed by atoms with Crippen LogP contribution < -0.4 is 5.32 Å². The molecule has 7 nitrogen and oxygen atoms in total. The molecule has 0 aromatic heterocycles. The number of hydrogen-bond acceptors (Lipinski definition) is 4. The van der Waals surface area contributed by atoms with E-state index in [1.165, 1.54) is 19.1 Å². The third-order valence-electron chi connectivity index (χ3n) is 6.72. The quantitative estimate of drug-likeness (QED) is 0.553. The standard InChI is InChI=1S/C25H34F2N4O3/c1-4-5-6-31-15-19(12-24(31)33)25(34)28-22(11-18-9-20(26)13-21(27)10-18)14-23-16-30(17(2)32)8-7-29(23)3/h4,9-10,13,19,22-23H,1,5-8,11-12,14-16H2,2-3H3,(H,28,34)/t19?,22?,23-/m0/s1. The Morgan fingerprint density at radius 1 is 1.21 bits per heavy atom. The van der Waals surface area contributed by atoms with Crippen molar-refractivity contribution in [2.75, 3.05) is 39.8 Å². The van der Waals surface area contributed by atoms with Crippen LogP contribution in [0.1, 0.15) is 31.7 Å². The van der Waals surface area contributed by atoms with Gasteiger partial charge in [0.05, 0.1) is 5.92 Å². The van der Waals surface area contributed by atoms with Crippen molar-refractivity contribution >= 4 is 17.7 Å². The third-order valence-corrected chi connectivity index (χ3v) is 6.72. The Balaban J connectivity index is 1.73.